The summed E-state index contributed by atoms with van der Waals surface area (Å²) in [7, 11) is 0. The van der Waals surface area contributed by atoms with Gasteiger partial charge in [0, 0.05) is 18.1 Å². The van der Waals surface area contributed by atoms with Crippen LogP contribution in [0.1, 0.15) is 12.5 Å². The number of hydrogen-bond acceptors (Lipinski definition) is 2. The maximum Gasteiger partial charge on any atom is 0.0926 e. The van der Waals surface area contributed by atoms with Crippen molar-refractivity contribution in [2.24, 2.45) is 5.73 Å². The van der Waals surface area contributed by atoms with Gasteiger partial charge in [0.1, 0.15) is 0 Å². The van der Waals surface area contributed by atoms with Crippen molar-refractivity contribution in [2.45, 2.75) is 19.9 Å². The summed E-state index contributed by atoms with van der Waals surface area (Å²) in [6, 6.07) is 6.35. The molecular formula is C11H15N3. The molecular weight excluding hydrogens is 174 g/mol. The van der Waals surface area contributed by atoms with Crippen LogP contribution in [0.5, 0.6) is 0 Å². The Morgan fingerprint density at radius 2 is 2.29 bits per heavy atom. The molecule has 14 heavy (non-hydrogen) atoms. The fourth-order valence-electron chi connectivity index (χ4n) is 1.60. The molecule has 0 aliphatic rings. The molecule has 0 bridgehead atoms. The topological polar surface area (TPSA) is 43.8 Å². The van der Waals surface area contributed by atoms with Gasteiger partial charge < -0.3 is 5.73 Å². The van der Waals surface area contributed by atoms with Gasteiger partial charge in [-0.15, -0.1) is 0 Å². The summed E-state index contributed by atoms with van der Waals surface area (Å²) in [6.07, 6.45) is 3.00. The summed E-state index contributed by atoms with van der Waals surface area (Å²) in [4.78, 5) is 0. The van der Waals surface area contributed by atoms with Gasteiger partial charge in [0.15, 0.2) is 0 Å². The Balaban J connectivity index is 2.43. The van der Waals surface area contributed by atoms with Crippen LogP contribution in [-0.2, 0) is 13.0 Å². The van der Waals surface area contributed by atoms with Crippen LogP contribution in [0.25, 0.3) is 10.9 Å². The normalized spacial score (nSPS) is 11.0. The third kappa shape index (κ3) is 1.63. The monoisotopic (exact) mass is 189 g/mol. The number of aromatic nitrogens is 2. The van der Waals surface area contributed by atoms with E-state index >= 15 is 0 Å². The van der Waals surface area contributed by atoms with Gasteiger partial charge in [-0.2, -0.15) is 5.10 Å². The third-order valence-electron chi connectivity index (χ3n) is 2.38. The highest BCUT2D eigenvalue weighted by Gasteiger charge is 2.00. The number of nitrogens with zero attached hydrogens (tertiary/aromatic N) is 2. The molecule has 2 rings (SSSR count). The van der Waals surface area contributed by atoms with Crippen LogP contribution >= 0.6 is 0 Å². The summed E-state index contributed by atoms with van der Waals surface area (Å²) in [6.45, 7) is 3.70. The number of nitrogens with two attached hydrogens (primary N) is 1. The number of rotatable bonds is 3. The molecule has 0 atom stereocenters. The second-order valence-electron chi connectivity index (χ2n) is 3.42. The van der Waals surface area contributed by atoms with Crippen molar-refractivity contribution in [2.75, 3.05) is 6.54 Å². The highest BCUT2D eigenvalue weighted by atomic mass is 15.3. The first kappa shape index (κ1) is 9.21. The number of benzene rings is 1. The van der Waals surface area contributed by atoms with Gasteiger partial charge >= 0.3 is 0 Å². The molecule has 2 aromatic rings. The Morgan fingerprint density at radius 3 is 3.00 bits per heavy atom. The Morgan fingerprint density at radius 1 is 1.43 bits per heavy atom. The van der Waals surface area contributed by atoms with Crippen LogP contribution in [0, 0.1) is 0 Å². The maximum atomic E-state index is 5.51. The largest absolute Gasteiger partial charge is 0.330 e. The minimum atomic E-state index is 0.694. The van der Waals surface area contributed by atoms with Crippen LogP contribution in [0.3, 0.4) is 0 Å². The second kappa shape index (κ2) is 3.80. The second-order valence-corrected chi connectivity index (χ2v) is 3.42. The fourth-order valence-corrected chi connectivity index (χ4v) is 1.60. The van der Waals surface area contributed by atoms with Gasteiger partial charge in [-0.05, 0) is 31.5 Å². The average Bonchev–Trinajstić information content (AvgIpc) is 2.60. The van der Waals surface area contributed by atoms with Crippen LogP contribution in [-0.4, -0.2) is 16.3 Å². The lowest BCUT2D eigenvalue weighted by molar-refractivity contribution is 0.668. The lowest BCUT2D eigenvalue weighted by Gasteiger charge is -1.96. The number of aryl methyl sites for hydroxylation is 1. The van der Waals surface area contributed by atoms with E-state index in [4.69, 9.17) is 5.73 Å². The van der Waals surface area contributed by atoms with E-state index in [1.807, 2.05) is 4.68 Å². The number of hydrogen-bond donors (Lipinski definition) is 1. The van der Waals surface area contributed by atoms with Gasteiger partial charge in [0.2, 0.25) is 0 Å². The highest BCUT2D eigenvalue weighted by Crippen LogP contribution is 2.14. The van der Waals surface area contributed by atoms with E-state index in [9.17, 15) is 0 Å². The zero-order valence-corrected chi connectivity index (χ0v) is 8.40. The van der Waals surface area contributed by atoms with Gasteiger partial charge in [0.25, 0.3) is 0 Å². The first-order chi connectivity index (χ1) is 6.83. The van der Waals surface area contributed by atoms with Gasteiger partial charge in [0.05, 0.1) is 5.52 Å². The molecule has 0 aliphatic heterocycles. The molecule has 0 radical (unpaired) electrons. The quantitative estimate of drug-likeness (QED) is 0.796. The fraction of sp³-hybridized carbons (Fsp3) is 0.364. The summed E-state index contributed by atoms with van der Waals surface area (Å²) < 4.78 is 1.96. The molecule has 74 valence electrons. The highest BCUT2D eigenvalue weighted by molar-refractivity contribution is 5.78. The predicted molar refractivity (Wildman–Crippen MR) is 58.2 cm³/mol. The first-order valence-electron chi connectivity index (χ1n) is 4.99. The van der Waals surface area contributed by atoms with Gasteiger partial charge in [-0.25, -0.2) is 0 Å². The van der Waals surface area contributed by atoms with Crippen molar-refractivity contribution < 1.29 is 0 Å². The predicted octanol–water partition coefficient (Wildman–Crippen LogP) is 1.56. The standard InChI is InChI=1S/C11H15N3/c1-2-14-8-10-4-3-9(5-6-12)7-11(10)13-14/h3-4,7-8H,2,5-6,12H2,1H3. The van der Waals surface area contributed by atoms with E-state index in [1.54, 1.807) is 0 Å². The van der Waals surface area contributed by atoms with Crippen LogP contribution < -0.4 is 5.73 Å². The van der Waals surface area contributed by atoms with Crippen molar-refractivity contribution in [3.63, 3.8) is 0 Å². The van der Waals surface area contributed by atoms with E-state index in [1.165, 1.54) is 10.9 Å². The SMILES string of the molecule is CCn1cc2ccc(CCN)cc2n1. The summed E-state index contributed by atoms with van der Waals surface area (Å²) in [5.41, 5.74) is 7.84. The van der Waals surface area contributed by atoms with E-state index in [-0.39, 0.29) is 0 Å². The first-order valence-corrected chi connectivity index (χ1v) is 4.99. The molecule has 1 heterocycles. The zero-order chi connectivity index (χ0) is 9.97. The summed E-state index contributed by atoms with van der Waals surface area (Å²) >= 11 is 0. The molecule has 0 unspecified atom stereocenters. The summed E-state index contributed by atoms with van der Waals surface area (Å²) in [5, 5.41) is 5.65. The molecule has 0 fully saturated rings. The summed E-state index contributed by atoms with van der Waals surface area (Å²) in [5.74, 6) is 0. The van der Waals surface area contributed by atoms with Crippen LogP contribution in [0.15, 0.2) is 24.4 Å². The molecule has 1 aromatic carbocycles. The Hall–Kier alpha value is -1.35. The van der Waals surface area contributed by atoms with Crippen molar-refractivity contribution in [3.05, 3.63) is 30.0 Å². The van der Waals surface area contributed by atoms with Gasteiger partial charge in [-0.1, -0.05) is 12.1 Å². The maximum absolute atomic E-state index is 5.51. The molecule has 0 aliphatic carbocycles. The van der Waals surface area contributed by atoms with Crippen LogP contribution in [0.4, 0.5) is 0 Å². The Labute approximate surface area is 83.5 Å². The molecule has 1 aromatic heterocycles. The number of fused-ring (bicyclic) bond motifs is 1. The van der Waals surface area contributed by atoms with E-state index < -0.39 is 0 Å². The molecule has 0 amide bonds. The minimum absolute atomic E-state index is 0.694. The van der Waals surface area contributed by atoms with Gasteiger partial charge in [-0.3, -0.25) is 4.68 Å². The van der Waals surface area contributed by atoms with Crippen molar-refractivity contribution in [1.29, 1.82) is 0 Å². The minimum Gasteiger partial charge on any atom is -0.330 e. The lowest BCUT2D eigenvalue weighted by Crippen LogP contribution is -2.02. The van der Waals surface area contributed by atoms with E-state index in [0.29, 0.717) is 6.54 Å². The molecule has 3 heteroatoms. The van der Waals surface area contributed by atoms with Crippen molar-refractivity contribution in [1.82, 2.24) is 9.78 Å². The average molecular weight is 189 g/mol. The van der Waals surface area contributed by atoms with E-state index in [0.717, 1.165) is 18.5 Å². The lowest BCUT2D eigenvalue weighted by atomic mass is 10.1. The Bertz CT molecular complexity index is 431. The molecule has 0 spiro atoms. The Kier molecular flexibility index (Phi) is 2.50. The molecule has 2 N–H and O–H groups in total. The van der Waals surface area contributed by atoms with Crippen molar-refractivity contribution in [3.8, 4) is 0 Å². The van der Waals surface area contributed by atoms with Crippen LogP contribution in [0.2, 0.25) is 0 Å². The third-order valence-corrected chi connectivity index (χ3v) is 2.38. The van der Waals surface area contributed by atoms with E-state index in [2.05, 4.69) is 36.4 Å². The molecule has 0 saturated heterocycles. The van der Waals surface area contributed by atoms with Crippen molar-refractivity contribution >= 4 is 10.9 Å². The smallest absolute Gasteiger partial charge is 0.0926 e. The zero-order valence-electron chi connectivity index (χ0n) is 8.40. The molecule has 3 nitrogen and oxygen atoms in total. The molecule has 0 saturated carbocycles.